The SMILES string of the molecule is C=C(c1ccc(-c2cncc(-c3nnc(-c4ccccc4)o3)n2)c(Cl)c1)N(C)C. The highest BCUT2D eigenvalue weighted by Gasteiger charge is 2.14. The second-order valence-electron chi connectivity index (χ2n) is 6.60. The van der Waals surface area contributed by atoms with Crippen molar-refractivity contribution in [2.45, 2.75) is 0 Å². The maximum Gasteiger partial charge on any atom is 0.268 e. The number of benzene rings is 2. The first-order chi connectivity index (χ1) is 14.0. The molecular formula is C22H18ClN5O. The van der Waals surface area contributed by atoms with Crippen LogP contribution in [-0.2, 0) is 0 Å². The summed E-state index contributed by atoms with van der Waals surface area (Å²) in [5, 5.41) is 8.78. The molecule has 6 nitrogen and oxygen atoms in total. The van der Waals surface area contributed by atoms with Crippen LogP contribution >= 0.6 is 11.6 Å². The van der Waals surface area contributed by atoms with Crippen LogP contribution in [0, 0.1) is 0 Å². The van der Waals surface area contributed by atoms with Crippen molar-refractivity contribution in [2.24, 2.45) is 0 Å². The van der Waals surface area contributed by atoms with Crippen LogP contribution in [0.5, 0.6) is 0 Å². The van der Waals surface area contributed by atoms with Crippen molar-refractivity contribution in [3.8, 4) is 34.3 Å². The molecule has 0 atom stereocenters. The summed E-state index contributed by atoms with van der Waals surface area (Å²) in [6, 6.07) is 15.3. The average molecular weight is 404 g/mol. The molecule has 0 N–H and O–H groups in total. The Morgan fingerprint density at radius 2 is 1.69 bits per heavy atom. The lowest BCUT2D eigenvalue weighted by molar-refractivity contribution is 0.582. The summed E-state index contributed by atoms with van der Waals surface area (Å²) in [6.07, 6.45) is 3.24. The van der Waals surface area contributed by atoms with Gasteiger partial charge in [0.15, 0.2) is 0 Å². The zero-order chi connectivity index (χ0) is 20.4. The Morgan fingerprint density at radius 3 is 2.41 bits per heavy atom. The van der Waals surface area contributed by atoms with E-state index in [2.05, 4.69) is 26.7 Å². The van der Waals surface area contributed by atoms with Crippen LogP contribution in [0.4, 0.5) is 0 Å². The molecule has 2 aromatic heterocycles. The van der Waals surface area contributed by atoms with Gasteiger partial charge in [-0.1, -0.05) is 48.5 Å². The fourth-order valence-corrected chi connectivity index (χ4v) is 3.06. The van der Waals surface area contributed by atoms with Gasteiger partial charge in [-0.05, 0) is 23.8 Å². The number of hydrogen-bond acceptors (Lipinski definition) is 6. The van der Waals surface area contributed by atoms with Gasteiger partial charge in [0.1, 0.15) is 5.69 Å². The molecule has 0 amide bonds. The summed E-state index contributed by atoms with van der Waals surface area (Å²) in [7, 11) is 3.88. The van der Waals surface area contributed by atoms with Gasteiger partial charge >= 0.3 is 0 Å². The summed E-state index contributed by atoms with van der Waals surface area (Å²) in [6.45, 7) is 4.06. The lowest BCUT2D eigenvalue weighted by atomic mass is 10.1. The molecule has 0 aliphatic rings. The van der Waals surface area contributed by atoms with Gasteiger partial charge in [-0.3, -0.25) is 4.98 Å². The fourth-order valence-electron chi connectivity index (χ4n) is 2.78. The molecule has 2 aromatic carbocycles. The number of aromatic nitrogens is 4. The Hall–Kier alpha value is -3.51. The van der Waals surface area contributed by atoms with Crippen LogP contribution in [-0.4, -0.2) is 39.2 Å². The Bertz CT molecular complexity index is 1170. The van der Waals surface area contributed by atoms with Crippen molar-refractivity contribution in [3.05, 3.63) is 78.1 Å². The predicted molar refractivity (Wildman–Crippen MR) is 114 cm³/mol. The van der Waals surface area contributed by atoms with Gasteiger partial charge in [-0.15, -0.1) is 10.2 Å². The van der Waals surface area contributed by atoms with E-state index in [1.54, 1.807) is 12.4 Å². The van der Waals surface area contributed by atoms with Crippen molar-refractivity contribution in [1.82, 2.24) is 25.1 Å². The van der Waals surface area contributed by atoms with E-state index < -0.39 is 0 Å². The quantitative estimate of drug-likeness (QED) is 0.464. The van der Waals surface area contributed by atoms with E-state index >= 15 is 0 Å². The fraction of sp³-hybridized carbons (Fsp3) is 0.0909. The molecule has 4 rings (SSSR count). The van der Waals surface area contributed by atoms with E-state index in [1.165, 1.54) is 0 Å². The first kappa shape index (κ1) is 18.8. The zero-order valence-corrected chi connectivity index (χ0v) is 16.8. The van der Waals surface area contributed by atoms with Crippen LogP contribution in [0.25, 0.3) is 40.0 Å². The zero-order valence-electron chi connectivity index (χ0n) is 16.0. The predicted octanol–water partition coefficient (Wildman–Crippen LogP) is 5.05. The van der Waals surface area contributed by atoms with Crippen LogP contribution in [0.15, 0.2) is 71.9 Å². The van der Waals surface area contributed by atoms with E-state index in [1.807, 2.05) is 67.5 Å². The lowest BCUT2D eigenvalue weighted by Crippen LogP contribution is -2.08. The summed E-state index contributed by atoms with van der Waals surface area (Å²) >= 11 is 6.52. The third-order valence-corrected chi connectivity index (χ3v) is 4.73. The molecule has 0 unspecified atom stereocenters. The molecular weight excluding hydrogens is 386 g/mol. The number of nitrogens with zero attached hydrogens (tertiary/aromatic N) is 5. The molecule has 0 radical (unpaired) electrons. The van der Waals surface area contributed by atoms with E-state index in [0.29, 0.717) is 28.2 Å². The molecule has 0 fully saturated rings. The summed E-state index contributed by atoms with van der Waals surface area (Å²) < 4.78 is 5.78. The molecule has 0 bridgehead atoms. The Labute approximate surface area is 173 Å². The monoisotopic (exact) mass is 403 g/mol. The molecule has 0 saturated carbocycles. The molecule has 0 saturated heterocycles. The normalized spacial score (nSPS) is 10.7. The Balaban J connectivity index is 1.66. The summed E-state index contributed by atoms with van der Waals surface area (Å²) in [4.78, 5) is 10.8. The molecule has 2 heterocycles. The third-order valence-electron chi connectivity index (χ3n) is 4.42. The molecule has 0 aliphatic heterocycles. The minimum atomic E-state index is 0.298. The smallest absolute Gasteiger partial charge is 0.268 e. The number of hydrogen-bond donors (Lipinski definition) is 0. The molecule has 4 aromatic rings. The lowest BCUT2D eigenvalue weighted by Gasteiger charge is -2.16. The minimum Gasteiger partial charge on any atom is -0.415 e. The standard InChI is InChI=1S/C22H18ClN5O/c1-14(28(2)3)16-9-10-17(18(23)11-16)19-12-24-13-20(25-19)22-27-26-21(29-22)15-7-5-4-6-8-15/h4-13H,1H2,2-3H3. The van der Waals surface area contributed by atoms with Crippen molar-refractivity contribution in [3.63, 3.8) is 0 Å². The van der Waals surface area contributed by atoms with Crippen LogP contribution in [0.1, 0.15) is 5.56 Å². The van der Waals surface area contributed by atoms with E-state index in [0.717, 1.165) is 22.4 Å². The second kappa shape index (κ2) is 7.85. The second-order valence-corrected chi connectivity index (χ2v) is 7.01. The molecule has 29 heavy (non-hydrogen) atoms. The third kappa shape index (κ3) is 3.88. The van der Waals surface area contributed by atoms with E-state index in [-0.39, 0.29) is 0 Å². The van der Waals surface area contributed by atoms with Crippen molar-refractivity contribution >= 4 is 17.3 Å². The van der Waals surface area contributed by atoms with Gasteiger partial charge in [0.2, 0.25) is 5.89 Å². The Kier molecular flexibility index (Phi) is 5.10. The van der Waals surface area contributed by atoms with Gasteiger partial charge in [0.05, 0.1) is 23.1 Å². The van der Waals surface area contributed by atoms with Gasteiger partial charge in [-0.25, -0.2) is 4.98 Å². The van der Waals surface area contributed by atoms with E-state index in [9.17, 15) is 0 Å². The minimum absolute atomic E-state index is 0.298. The topological polar surface area (TPSA) is 67.9 Å². The van der Waals surface area contributed by atoms with Crippen molar-refractivity contribution in [2.75, 3.05) is 14.1 Å². The summed E-state index contributed by atoms with van der Waals surface area (Å²) in [5.74, 6) is 0.726. The summed E-state index contributed by atoms with van der Waals surface area (Å²) in [5.41, 5.74) is 4.52. The number of halogens is 1. The molecule has 0 aliphatic carbocycles. The van der Waals surface area contributed by atoms with Gasteiger partial charge in [0, 0.05) is 30.9 Å². The maximum atomic E-state index is 6.52. The molecule has 0 spiro atoms. The van der Waals surface area contributed by atoms with Crippen LogP contribution in [0.2, 0.25) is 5.02 Å². The Morgan fingerprint density at radius 1 is 0.966 bits per heavy atom. The highest BCUT2D eigenvalue weighted by atomic mass is 35.5. The van der Waals surface area contributed by atoms with E-state index in [4.69, 9.17) is 16.0 Å². The van der Waals surface area contributed by atoms with Gasteiger partial charge < -0.3 is 9.32 Å². The van der Waals surface area contributed by atoms with Crippen LogP contribution in [0.3, 0.4) is 0 Å². The van der Waals surface area contributed by atoms with Crippen molar-refractivity contribution < 1.29 is 4.42 Å². The molecule has 144 valence electrons. The highest BCUT2D eigenvalue weighted by molar-refractivity contribution is 6.33. The first-order valence-electron chi connectivity index (χ1n) is 8.91. The van der Waals surface area contributed by atoms with Crippen LogP contribution < -0.4 is 0 Å². The first-order valence-corrected chi connectivity index (χ1v) is 9.28. The largest absolute Gasteiger partial charge is 0.415 e. The maximum absolute atomic E-state index is 6.52. The highest BCUT2D eigenvalue weighted by Crippen LogP contribution is 2.31. The molecule has 7 heteroatoms. The average Bonchev–Trinajstić information content (AvgIpc) is 3.24. The number of rotatable bonds is 5. The van der Waals surface area contributed by atoms with Crippen molar-refractivity contribution in [1.29, 1.82) is 0 Å². The van der Waals surface area contributed by atoms with Gasteiger partial charge in [-0.2, -0.15) is 0 Å². The van der Waals surface area contributed by atoms with Gasteiger partial charge in [0.25, 0.3) is 5.89 Å².